The third-order valence-corrected chi connectivity index (χ3v) is 5.09. The molecule has 0 saturated heterocycles. The summed E-state index contributed by atoms with van der Waals surface area (Å²) in [7, 11) is 1.56. The summed E-state index contributed by atoms with van der Waals surface area (Å²) in [5.74, 6) is 1.84. The highest BCUT2D eigenvalue weighted by atomic mass is 16.5. The Kier molecular flexibility index (Phi) is 5.98. The lowest BCUT2D eigenvalue weighted by molar-refractivity contribution is -0.121. The first-order chi connectivity index (χ1) is 15.4. The number of fused-ring (bicyclic) bond motifs is 1. The van der Waals surface area contributed by atoms with Gasteiger partial charge in [0.05, 0.1) is 25.0 Å². The Bertz CT molecular complexity index is 1140. The zero-order valence-electron chi connectivity index (χ0n) is 18.0. The van der Waals surface area contributed by atoms with Crippen LogP contribution in [0.2, 0.25) is 0 Å². The summed E-state index contributed by atoms with van der Waals surface area (Å²) in [5, 5.41) is 6.74. The fourth-order valence-corrected chi connectivity index (χ4v) is 3.38. The lowest BCUT2D eigenvalue weighted by Gasteiger charge is -2.29. The van der Waals surface area contributed by atoms with E-state index in [4.69, 9.17) is 18.7 Å². The van der Waals surface area contributed by atoms with Crippen molar-refractivity contribution in [3.63, 3.8) is 0 Å². The van der Waals surface area contributed by atoms with Crippen LogP contribution in [-0.4, -0.2) is 37.3 Å². The van der Waals surface area contributed by atoms with Crippen molar-refractivity contribution in [1.29, 1.82) is 0 Å². The smallest absolute Gasteiger partial charge is 0.265 e. The first-order valence-electron chi connectivity index (χ1n) is 10.0. The largest absolute Gasteiger partial charge is 0.497 e. The second kappa shape index (κ2) is 9.01. The molecule has 0 atom stereocenters. The molecule has 166 valence electrons. The average molecular weight is 437 g/mol. The first-order valence-corrected chi connectivity index (χ1v) is 10.0. The number of hydrogen-bond acceptors (Lipinski definition) is 7. The van der Waals surface area contributed by atoms with Crippen LogP contribution in [0.5, 0.6) is 17.2 Å². The number of methoxy groups -OCH3 is 1. The minimum atomic E-state index is -0.340. The van der Waals surface area contributed by atoms with Crippen molar-refractivity contribution in [3.8, 4) is 17.2 Å². The molecule has 3 aromatic rings. The van der Waals surface area contributed by atoms with Gasteiger partial charge in [-0.3, -0.25) is 9.59 Å². The van der Waals surface area contributed by atoms with Gasteiger partial charge in [-0.05, 0) is 44.2 Å². The van der Waals surface area contributed by atoms with Crippen LogP contribution in [-0.2, 0) is 16.1 Å². The highest BCUT2D eigenvalue weighted by Gasteiger charge is 2.28. The van der Waals surface area contributed by atoms with Crippen LogP contribution in [0.1, 0.15) is 17.0 Å². The van der Waals surface area contributed by atoms with Crippen LogP contribution in [0.4, 0.5) is 11.4 Å². The van der Waals surface area contributed by atoms with E-state index in [0.29, 0.717) is 40.9 Å². The zero-order chi connectivity index (χ0) is 22.7. The zero-order valence-corrected chi connectivity index (χ0v) is 18.0. The Morgan fingerprint density at radius 2 is 2.00 bits per heavy atom. The molecule has 1 aromatic heterocycles. The molecular weight excluding hydrogens is 414 g/mol. The van der Waals surface area contributed by atoms with Gasteiger partial charge in [0, 0.05) is 17.3 Å². The molecule has 0 fully saturated rings. The molecule has 32 heavy (non-hydrogen) atoms. The summed E-state index contributed by atoms with van der Waals surface area (Å²) in [6, 6.07) is 12.1. The summed E-state index contributed by atoms with van der Waals surface area (Å²) >= 11 is 0. The molecule has 0 unspecified atom stereocenters. The van der Waals surface area contributed by atoms with E-state index in [1.807, 2.05) is 6.92 Å². The van der Waals surface area contributed by atoms with Gasteiger partial charge < -0.3 is 29.0 Å². The summed E-state index contributed by atoms with van der Waals surface area (Å²) < 4.78 is 21.4. The van der Waals surface area contributed by atoms with Crippen LogP contribution >= 0.6 is 0 Å². The highest BCUT2D eigenvalue weighted by molar-refractivity contribution is 5.99. The van der Waals surface area contributed by atoms with Gasteiger partial charge in [-0.1, -0.05) is 11.2 Å². The van der Waals surface area contributed by atoms with Crippen LogP contribution in [0.15, 0.2) is 47.0 Å². The Morgan fingerprint density at radius 3 is 2.75 bits per heavy atom. The molecule has 1 aliphatic rings. The molecule has 2 heterocycles. The van der Waals surface area contributed by atoms with E-state index in [-0.39, 0.29) is 25.0 Å². The number of carbonyl (C=O) groups excluding carboxylic acids is 2. The molecule has 2 amide bonds. The van der Waals surface area contributed by atoms with E-state index < -0.39 is 0 Å². The van der Waals surface area contributed by atoms with Crippen LogP contribution in [0.25, 0.3) is 0 Å². The third kappa shape index (κ3) is 4.51. The van der Waals surface area contributed by atoms with Crippen LogP contribution < -0.4 is 24.4 Å². The molecule has 4 rings (SSSR count). The fraction of sp³-hybridized carbons (Fsp3) is 0.261. The molecule has 1 N–H and O–H groups in total. The van der Waals surface area contributed by atoms with Gasteiger partial charge in [0.1, 0.15) is 23.0 Å². The van der Waals surface area contributed by atoms with Crippen LogP contribution in [0, 0.1) is 13.8 Å². The van der Waals surface area contributed by atoms with Crippen molar-refractivity contribution in [2.24, 2.45) is 0 Å². The van der Waals surface area contributed by atoms with Crippen molar-refractivity contribution in [2.45, 2.75) is 20.4 Å². The van der Waals surface area contributed by atoms with E-state index in [1.165, 1.54) is 0 Å². The second-order valence-electron chi connectivity index (χ2n) is 7.27. The normalized spacial score (nSPS) is 12.7. The van der Waals surface area contributed by atoms with Gasteiger partial charge in [0.2, 0.25) is 0 Å². The summed E-state index contributed by atoms with van der Waals surface area (Å²) in [6.45, 7) is 3.70. The van der Waals surface area contributed by atoms with Crippen molar-refractivity contribution in [1.82, 2.24) is 5.16 Å². The minimum absolute atomic E-state index is 0.0591. The molecular formula is C23H23N3O6. The number of rotatable bonds is 7. The van der Waals surface area contributed by atoms with Gasteiger partial charge >= 0.3 is 0 Å². The van der Waals surface area contributed by atoms with Crippen molar-refractivity contribution in [3.05, 3.63) is 59.5 Å². The lowest BCUT2D eigenvalue weighted by Crippen LogP contribution is -2.38. The quantitative estimate of drug-likeness (QED) is 0.605. The SMILES string of the molecule is COc1cccc(OCC(=O)Nc2ccc3c(c2)N(Cc2c(C)noc2C)C(=O)CO3)c1. The van der Waals surface area contributed by atoms with E-state index in [2.05, 4.69) is 10.5 Å². The molecule has 0 aliphatic carbocycles. The molecule has 0 spiro atoms. The minimum Gasteiger partial charge on any atom is -0.497 e. The predicted octanol–water partition coefficient (Wildman–Crippen LogP) is 3.24. The summed E-state index contributed by atoms with van der Waals surface area (Å²) in [4.78, 5) is 26.6. The number of hydrogen-bond donors (Lipinski definition) is 1. The maximum absolute atomic E-state index is 12.6. The Hall–Kier alpha value is -4.01. The number of aryl methyl sites for hydroxylation is 2. The van der Waals surface area contributed by atoms with Crippen molar-refractivity contribution >= 4 is 23.2 Å². The Morgan fingerprint density at radius 1 is 1.19 bits per heavy atom. The average Bonchev–Trinajstić information content (AvgIpc) is 3.11. The number of ether oxygens (including phenoxy) is 3. The van der Waals surface area contributed by atoms with E-state index in [9.17, 15) is 9.59 Å². The Labute approximate surface area is 184 Å². The Balaban J connectivity index is 1.47. The molecule has 1 aliphatic heterocycles. The molecule has 0 bridgehead atoms. The monoisotopic (exact) mass is 437 g/mol. The number of nitrogens with one attached hydrogen (secondary N) is 1. The number of benzene rings is 2. The number of anilines is 2. The molecule has 9 heteroatoms. The molecule has 2 aromatic carbocycles. The van der Waals surface area contributed by atoms with Gasteiger partial charge in [0.25, 0.3) is 11.8 Å². The van der Waals surface area contributed by atoms with Crippen LogP contribution in [0.3, 0.4) is 0 Å². The molecule has 0 saturated carbocycles. The standard InChI is InChI=1S/C23H23N3O6/c1-14-19(15(2)32-25-14)11-26-20-9-16(7-8-21(20)31-13-23(26)28)24-22(27)12-30-18-6-4-5-17(10-18)29-3/h4-10H,11-13H2,1-3H3,(H,24,27). The fourth-order valence-electron chi connectivity index (χ4n) is 3.38. The number of nitrogens with zero attached hydrogens (tertiary/aromatic N) is 2. The number of carbonyl (C=O) groups is 2. The topological polar surface area (TPSA) is 103 Å². The van der Waals surface area contributed by atoms with Gasteiger partial charge in [0.15, 0.2) is 13.2 Å². The highest BCUT2D eigenvalue weighted by Crippen LogP contribution is 2.36. The second-order valence-corrected chi connectivity index (χ2v) is 7.27. The predicted molar refractivity (Wildman–Crippen MR) is 116 cm³/mol. The molecule has 9 nitrogen and oxygen atoms in total. The van der Waals surface area contributed by atoms with E-state index >= 15 is 0 Å². The van der Waals surface area contributed by atoms with Gasteiger partial charge in [-0.15, -0.1) is 0 Å². The summed E-state index contributed by atoms with van der Waals surface area (Å²) in [5.41, 5.74) is 2.65. The number of amides is 2. The maximum atomic E-state index is 12.6. The van der Waals surface area contributed by atoms with E-state index in [1.54, 1.807) is 61.4 Å². The first kappa shape index (κ1) is 21.2. The van der Waals surface area contributed by atoms with Gasteiger partial charge in [-0.25, -0.2) is 0 Å². The molecule has 0 radical (unpaired) electrons. The summed E-state index contributed by atoms with van der Waals surface area (Å²) in [6.07, 6.45) is 0. The van der Waals surface area contributed by atoms with Crippen molar-refractivity contribution < 1.29 is 28.3 Å². The lowest BCUT2D eigenvalue weighted by atomic mass is 10.1. The van der Waals surface area contributed by atoms with Gasteiger partial charge in [-0.2, -0.15) is 0 Å². The van der Waals surface area contributed by atoms with E-state index in [0.717, 1.165) is 11.3 Å². The third-order valence-electron chi connectivity index (χ3n) is 5.09. The van der Waals surface area contributed by atoms with Crippen molar-refractivity contribution in [2.75, 3.05) is 30.5 Å². The number of aromatic nitrogens is 1. The maximum Gasteiger partial charge on any atom is 0.265 e.